The maximum absolute atomic E-state index is 12.2. The van der Waals surface area contributed by atoms with Crippen molar-refractivity contribution in [1.82, 2.24) is 10.5 Å². The Morgan fingerprint density at radius 2 is 1.93 bits per heavy atom. The molecule has 7 nitrogen and oxygen atoms in total. The van der Waals surface area contributed by atoms with E-state index < -0.39 is 17.8 Å². The standard InChI is InChI=1S/C20H26N2O5/c1-5-26-15-8-6-13(7-9-15)10-14(19(24)25)12-21-18(23)16-11-17(27-22-16)20(2,3)4/h6-9,11,14H,5,10,12H2,1-4H3,(H,21,23)(H,24,25). The summed E-state index contributed by atoms with van der Waals surface area (Å²) in [4.78, 5) is 23.8. The van der Waals surface area contributed by atoms with Crippen LogP contribution in [0.1, 0.15) is 49.5 Å². The van der Waals surface area contributed by atoms with Gasteiger partial charge in [-0.3, -0.25) is 9.59 Å². The second-order valence-electron chi connectivity index (χ2n) is 7.35. The highest BCUT2D eigenvalue weighted by Gasteiger charge is 2.24. The van der Waals surface area contributed by atoms with Crippen molar-refractivity contribution in [2.24, 2.45) is 5.92 Å². The Morgan fingerprint density at radius 3 is 2.44 bits per heavy atom. The fourth-order valence-corrected chi connectivity index (χ4v) is 2.46. The van der Waals surface area contributed by atoms with Gasteiger partial charge in [0, 0.05) is 18.0 Å². The SMILES string of the molecule is CCOc1ccc(CC(CNC(=O)c2cc(C(C)(C)C)on2)C(=O)O)cc1. The summed E-state index contributed by atoms with van der Waals surface area (Å²) in [5.74, 6) is -0.841. The number of aliphatic carboxylic acids is 1. The molecule has 7 heteroatoms. The van der Waals surface area contributed by atoms with Crippen LogP contribution in [0.5, 0.6) is 5.75 Å². The van der Waals surface area contributed by atoms with E-state index in [1.807, 2.05) is 39.8 Å². The highest BCUT2D eigenvalue weighted by atomic mass is 16.5. The van der Waals surface area contributed by atoms with Gasteiger partial charge in [-0.25, -0.2) is 0 Å². The number of nitrogens with zero attached hydrogens (tertiary/aromatic N) is 1. The zero-order chi connectivity index (χ0) is 20.0. The fraction of sp³-hybridized carbons (Fsp3) is 0.450. The Kier molecular flexibility index (Phi) is 6.60. The van der Waals surface area contributed by atoms with Crippen LogP contribution in [0, 0.1) is 5.92 Å². The number of carboxylic acid groups (broad SMARTS) is 1. The van der Waals surface area contributed by atoms with E-state index >= 15 is 0 Å². The first kappa shape index (κ1) is 20.5. The summed E-state index contributed by atoms with van der Waals surface area (Å²) < 4.78 is 10.6. The molecule has 27 heavy (non-hydrogen) atoms. The first-order valence-corrected chi connectivity index (χ1v) is 8.90. The zero-order valence-corrected chi connectivity index (χ0v) is 16.1. The number of hydrogen-bond acceptors (Lipinski definition) is 5. The lowest BCUT2D eigenvalue weighted by molar-refractivity contribution is -0.141. The van der Waals surface area contributed by atoms with Gasteiger partial charge in [-0.15, -0.1) is 0 Å². The molecule has 0 bridgehead atoms. The normalized spacial score (nSPS) is 12.4. The molecule has 1 aromatic heterocycles. The molecule has 0 aliphatic carbocycles. The number of amides is 1. The van der Waals surface area contributed by atoms with Crippen LogP contribution in [0.15, 0.2) is 34.9 Å². The highest BCUT2D eigenvalue weighted by molar-refractivity contribution is 5.92. The third-order valence-electron chi connectivity index (χ3n) is 4.06. The van der Waals surface area contributed by atoms with Gasteiger partial charge in [0.15, 0.2) is 5.69 Å². The molecule has 1 atom stereocenters. The minimum absolute atomic E-state index is 0.000903. The Balaban J connectivity index is 1.96. The molecule has 0 fully saturated rings. The summed E-state index contributed by atoms with van der Waals surface area (Å²) in [6.45, 7) is 8.32. The van der Waals surface area contributed by atoms with Crippen LogP contribution in [0.4, 0.5) is 0 Å². The summed E-state index contributed by atoms with van der Waals surface area (Å²) in [7, 11) is 0. The zero-order valence-electron chi connectivity index (χ0n) is 16.1. The average molecular weight is 374 g/mol. The molecule has 2 N–H and O–H groups in total. The second kappa shape index (κ2) is 8.70. The number of carbonyl (C=O) groups excluding carboxylic acids is 1. The molecule has 1 heterocycles. The van der Waals surface area contributed by atoms with E-state index in [0.717, 1.165) is 11.3 Å². The van der Waals surface area contributed by atoms with Crippen molar-refractivity contribution in [2.75, 3.05) is 13.2 Å². The topological polar surface area (TPSA) is 102 Å². The van der Waals surface area contributed by atoms with Gasteiger partial charge in [-0.2, -0.15) is 0 Å². The fourth-order valence-electron chi connectivity index (χ4n) is 2.46. The number of carboxylic acids is 1. The van der Waals surface area contributed by atoms with Gasteiger partial charge in [-0.05, 0) is 31.0 Å². The highest BCUT2D eigenvalue weighted by Crippen LogP contribution is 2.22. The Labute approximate surface area is 158 Å². The predicted octanol–water partition coefficient (Wildman–Crippen LogP) is 3.04. The average Bonchev–Trinajstić information content (AvgIpc) is 3.10. The lowest BCUT2D eigenvalue weighted by Gasteiger charge is -2.13. The van der Waals surface area contributed by atoms with Crippen LogP contribution in [-0.4, -0.2) is 35.3 Å². The van der Waals surface area contributed by atoms with E-state index in [2.05, 4.69) is 10.5 Å². The van der Waals surface area contributed by atoms with Crippen molar-refractivity contribution >= 4 is 11.9 Å². The summed E-state index contributed by atoms with van der Waals surface area (Å²) in [6, 6.07) is 8.85. The monoisotopic (exact) mass is 374 g/mol. The summed E-state index contributed by atoms with van der Waals surface area (Å²) in [5, 5.41) is 15.9. The van der Waals surface area contributed by atoms with E-state index in [1.165, 1.54) is 0 Å². The van der Waals surface area contributed by atoms with Crippen LogP contribution < -0.4 is 10.1 Å². The molecule has 2 rings (SSSR count). The maximum Gasteiger partial charge on any atom is 0.308 e. The number of ether oxygens (including phenoxy) is 1. The molecular weight excluding hydrogens is 348 g/mol. The third-order valence-corrected chi connectivity index (χ3v) is 4.06. The molecule has 146 valence electrons. The van der Waals surface area contributed by atoms with Gasteiger partial charge in [-0.1, -0.05) is 38.1 Å². The lowest BCUT2D eigenvalue weighted by Crippen LogP contribution is -2.34. The van der Waals surface area contributed by atoms with Crippen LogP contribution in [0.3, 0.4) is 0 Å². The Hall–Kier alpha value is -2.83. The van der Waals surface area contributed by atoms with Crippen LogP contribution in [0.2, 0.25) is 0 Å². The smallest absolute Gasteiger partial charge is 0.308 e. The minimum atomic E-state index is -0.972. The van der Waals surface area contributed by atoms with E-state index in [9.17, 15) is 14.7 Å². The number of aromatic nitrogens is 1. The minimum Gasteiger partial charge on any atom is -0.494 e. The van der Waals surface area contributed by atoms with Gasteiger partial charge in [0.1, 0.15) is 11.5 Å². The Morgan fingerprint density at radius 1 is 1.26 bits per heavy atom. The van der Waals surface area contributed by atoms with Crippen LogP contribution >= 0.6 is 0 Å². The summed E-state index contributed by atoms with van der Waals surface area (Å²) in [5.41, 5.74) is 0.740. The van der Waals surface area contributed by atoms with Crippen molar-refractivity contribution in [3.63, 3.8) is 0 Å². The van der Waals surface area contributed by atoms with Gasteiger partial charge in [0.05, 0.1) is 12.5 Å². The van der Waals surface area contributed by atoms with Gasteiger partial charge in [0.2, 0.25) is 0 Å². The summed E-state index contributed by atoms with van der Waals surface area (Å²) in [6.07, 6.45) is 0.300. The number of nitrogens with one attached hydrogen (secondary N) is 1. The van der Waals surface area contributed by atoms with E-state index in [4.69, 9.17) is 9.26 Å². The molecule has 0 saturated carbocycles. The molecule has 0 aliphatic rings. The first-order valence-electron chi connectivity index (χ1n) is 8.90. The van der Waals surface area contributed by atoms with E-state index in [1.54, 1.807) is 18.2 Å². The van der Waals surface area contributed by atoms with Gasteiger partial charge < -0.3 is 19.7 Å². The number of carbonyl (C=O) groups is 2. The lowest BCUT2D eigenvalue weighted by atomic mass is 9.93. The van der Waals surface area contributed by atoms with Crippen molar-refractivity contribution in [2.45, 2.75) is 39.5 Å². The maximum atomic E-state index is 12.2. The first-order chi connectivity index (χ1) is 12.7. The van der Waals surface area contributed by atoms with E-state index in [0.29, 0.717) is 18.8 Å². The van der Waals surface area contributed by atoms with Gasteiger partial charge >= 0.3 is 5.97 Å². The number of benzene rings is 1. The van der Waals surface area contributed by atoms with Gasteiger partial charge in [0.25, 0.3) is 5.91 Å². The second-order valence-corrected chi connectivity index (χ2v) is 7.35. The Bertz CT molecular complexity index is 774. The molecule has 0 spiro atoms. The van der Waals surface area contributed by atoms with Crippen molar-refractivity contribution in [3.05, 3.63) is 47.3 Å². The van der Waals surface area contributed by atoms with Crippen molar-refractivity contribution in [3.8, 4) is 5.75 Å². The largest absolute Gasteiger partial charge is 0.494 e. The van der Waals surface area contributed by atoms with Crippen LogP contribution in [0.25, 0.3) is 0 Å². The van der Waals surface area contributed by atoms with E-state index in [-0.39, 0.29) is 17.7 Å². The molecular formula is C20H26N2O5. The van der Waals surface area contributed by atoms with Crippen molar-refractivity contribution < 1.29 is 24.0 Å². The molecule has 1 amide bonds. The van der Waals surface area contributed by atoms with Crippen LogP contribution in [-0.2, 0) is 16.6 Å². The molecule has 0 radical (unpaired) electrons. The third kappa shape index (κ3) is 5.84. The molecule has 2 aromatic rings. The number of hydrogen-bond donors (Lipinski definition) is 2. The number of rotatable bonds is 8. The summed E-state index contributed by atoms with van der Waals surface area (Å²) >= 11 is 0. The molecule has 0 saturated heterocycles. The molecule has 0 aliphatic heterocycles. The molecule has 1 unspecified atom stereocenters. The quantitative estimate of drug-likeness (QED) is 0.736. The molecule has 1 aromatic carbocycles. The van der Waals surface area contributed by atoms with Crippen molar-refractivity contribution in [1.29, 1.82) is 0 Å². The predicted molar refractivity (Wildman–Crippen MR) is 100.0 cm³/mol.